The van der Waals surface area contributed by atoms with Gasteiger partial charge in [-0.2, -0.15) is 0 Å². The second-order valence-electron chi connectivity index (χ2n) is 10.8. The number of hydrogen-bond acceptors (Lipinski definition) is 8. The van der Waals surface area contributed by atoms with Gasteiger partial charge in [-0.15, -0.1) is 0 Å². The molecule has 4 heterocycles. The van der Waals surface area contributed by atoms with Crippen LogP contribution in [0.5, 0.6) is 0 Å². The molecule has 6 aromatic rings. The van der Waals surface area contributed by atoms with Crippen molar-refractivity contribution in [3.05, 3.63) is 192 Å². The van der Waals surface area contributed by atoms with E-state index in [1.165, 1.54) is 0 Å². The quantitative estimate of drug-likeness (QED) is 0.218. The SMILES string of the molecule is c1ccc(C2=NC(c3ncccn3)(C3(c4ncccn4)N=C(c4ccccc4)C(c4ccccc4)=N3)N=C2c2ccccc2)cc1. The van der Waals surface area contributed by atoms with Gasteiger partial charge in [-0.05, 0) is 12.1 Å². The van der Waals surface area contributed by atoms with Crippen LogP contribution in [0.1, 0.15) is 33.9 Å². The molecule has 0 radical (unpaired) electrons. The Bertz CT molecular complexity index is 1850. The van der Waals surface area contributed by atoms with Crippen molar-refractivity contribution in [1.82, 2.24) is 19.9 Å². The molecule has 2 aliphatic heterocycles. The molecule has 0 unspecified atom stereocenters. The molecule has 218 valence electrons. The van der Waals surface area contributed by atoms with E-state index in [1.54, 1.807) is 36.9 Å². The average molecular weight is 595 g/mol. The zero-order valence-electron chi connectivity index (χ0n) is 24.6. The molecule has 0 bridgehead atoms. The molecule has 2 aromatic heterocycles. The summed E-state index contributed by atoms with van der Waals surface area (Å²) >= 11 is 0. The number of nitrogens with zero attached hydrogens (tertiary/aromatic N) is 8. The van der Waals surface area contributed by atoms with E-state index in [4.69, 9.17) is 39.9 Å². The molecular weight excluding hydrogens is 568 g/mol. The molecule has 4 aromatic carbocycles. The summed E-state index contributed by atoms with van der Waals surface area (Å²) in [4.78, 5) is 41.1. The molecule has 0 saturated carbocycles. The van der Waals surface area contributed by atoms with Crippen LogP contribution in [0.3, 0.4) is 0 Å². The van der Waals surface area contributed by atoms with Crippen molar-refractivity contribution in [2.45, 2.75) is 11.3 Å². The fourth-order valence-corrected chi connectivity index (χ4v) is 5.88. The first kappa shape index (κ1) is 27.3. The molecule has 0 fully saturated rings. The highest BCUT2D eigenvalue weighted by molar-refractivity contribution is 6.55. The molecule has 0 saturated heterocycles. The monoisotopic (exact) mass is 594 g/mol. The number of aromatic nitrogens is 4. The highest BCUT2D eigenvalue weighted by Gasteiger charge is 2.64. The lowest BCUT2D eigenvalue weighted by Gasteiger charge is -2.34. The Balaban J connectivity index is 1.52. The molecule has 0 aliphatic carbocycles. The maximum absolute atomic E-state index is 5.50. The van der Waals surface area contributed by atoms with E-state index in [-0.39, 0.29) is 0 Å². The highest BCUT2D eigenvalue weighted by Crippen LogP contribution is 2.52. The van der Waals surface area contributed by atoms with Crippen molar-refractivity contribution < 1.29 is 0 Å². The zero-order chi connectivity index (χ0) is 30.8. The van der Waals surface area contributed by atoms with Gasteiger partial charge in [-0.3, -0.25) is 0 Å². The van der Waals surface area contributed by atoms with E-state index in [0.29, 0.717) is 34.5 Å². The van der Waals surface area contributed by atoms with E-state index in [1.807, 2.05) is 121 Å². The summed E-state index contributed by atoms with van der Waals surface area (Å²) in [5.74, 6) is 0.659. The van der Waals surface area contributed by atoms with Crippen molar-refractivity contribution in [3.8, 4) is 0 Å². The first-order valence-electron chi connectivity index (χ1n) is 14.9. The van der Waals surface area contributed by atoms with E-state index in [9.17, 15) is 0 Å². The van der Waals surface area contributed by atoms with Gasteiger partial charge in [0.2, 0.25) is 0 Å². The Morgan fingerprint density at radius 3 is 0.761 bits per heavy atom. The summed E-state index contributed by atoms with van der Waals surface area (Å²) < 4.78 is 0. The highest BCUT2D eigenvalue weighted by atomic mass is 15.4. The van der Waals surface area contributed by atoms with E-state index >= 15 is 0 Å². The van der Waals surface area contributed by atoms with Gasteiger partial charge in [-0.1, -0.05) is 121 Å². The smallest absolute Gasteiger partial charge is 0.240 e. The summed E-state index contributed by atoms with van der Waals surface area (Å²) in [5.41, 5.74) is 3.06. The van der Waals surface area contributed by atoms with Crippen LogP contribution >= 0.6 is 0 Å². The Hall–Kier alpha value is -6.28. The normalized spacial score (nSPS) is 16.3. The molecule has 0 atom stereocenters. The molecule has 8 nitrogen and oxygen atoms in total. The van der Waals surface area contributed by atoms with Gasteiger partial charge in [0.25, 0.3) is 11.3 Å². The molecule has 0 spiro atoms. The predicted octanol–water partition coefficient (Wildman–Crippen LogP) is 6.26. The van der Waals surface area contributed by atoms with Crippen molar-refractivity contribution in [2.24, 2.45) is 20.0 Å². The van der Waals surface area contributed by atoms with E-state index < -0.39 is 11.3 Å². The second-order valence-corrected chi connectivity index (χ2v) is 10.8. The van der Waals surface area contributed by atoms with Crippen LogP contribution in [0.15, 0.2) is 178 Å². The minimum Gasteiger partial charge on any atom is -0.240 e. The number of rotatable bonds is 7. The minimum atomic E-state index is -1.61. The van der Waals surface area contributed by atoms with Crippen LogP contribution in [0.25, 0.3) is 0 Å². The number of hydrogen-bond donors (Lipinski definition) is 0. The third-order valence-corrected chi connectivity index (χ3v) is 7.97. The van der Waals surface area contributed by atoms with Gasteiger partial charge in [0.1, 0.15) is 0 Å². The van der Waals surface area contributed by atoms with E-state index in [0.717, 1.165) is 22.3 Å². The lowest BCUT2D eigenvalue weighted by atomic mass is 9.92. The average Bonchev–Trinajstić information content (AvgIpc) is 3.77. The van der Waals surface area contributed by atoms with Gasteiger partial charge in [0, 0.05) is 47.0 Å². The molecule has 0 N–H and O–H groups in total. The zero-order valence-corrected chi connectivity index (χ0v) is 24.6. The Kier molecular flexibility index (Phi) is 6.72. The van der Waals surface area contributed by atoms with Crippen molar-refractivity contribution in [3.63, 3.8) is 0 Å². The third-order valence-electron chi connectivity index (χ3n) is 7.97. The predicted molar refractivity (Wildman–Crippen MR) is 179 cm³/mol. The Morgan fingerprint density at radius 1 is 0.283 bits per heavy atom. The topological polar surface area (TPSA) is 101 Å². The first-order valence-corrected chi connectivity index (χ1v) is 14.9. The maximum atomic E-state index is 5.50. The Labute approximate surface area is 265 Å². The van der Waals surface area contributed by atoms with Gasteiger partial charge in [-0.25, -0.2) is 39.9 Å². The second kappa shape index (κ2) is 11.3. The molecule has 8 heteroatoms. The van der Waals surface area contributed by atoms with Gasteiger partial charge >= 0.3 is 0 Å². The fourth-order valence-electron chi connectivity index (χ4n) is 5.88. The Morgan fingerprint density at radius 2 is 0.522 bits per heavy atom. The van der Waals surface area contributed by atoms with E-state index in [2.05, 4.69) is 0 Å². The number of aliphatic imine (C=N–C) groups is 4. The molecule has 2 aliphatic rings. The summed E-state index contributed by atoms with van der Waals surface area (Å²) in [6, 6.07) is 43.6. The maximum Gasteiger partial charge on any atom is 0.264 e. The van der Waals surface area contributed by atoms with Crippen molar-refractivity contribution >= 4 is 22.8 Å². The molecular formula is C38H26N8. The first-order chi connectivity index (χ1) is 22.8. The van der Waals surface area contributed by atoms with Gasteiger partial charge < -0.3 is 0 Å². The van der Waals surface area contributed by atoms with Crippen LogP contribution < -0.4 is 0 Å². The fraction of sp³-hybridized carbons (Fsp3) is 0.0526. The van der Waals surface area contributed by atoms with Crippen LogP contribution in [-0.2, 0) is 11.3 Å². The van der Waals surface area contributed by atoms with Crippen LogP contribution in [0.2, 0.25) is 0 Å². The summed E-state index contributed by atoms with van der Waals surface area (Å²) in [7, 11) is 0. The molecule has 46 heavy (non-hydrogen) atoms. The largest absolute Gasteiger partial charge is 0.264 e. The van der Waals surface area contributed by atoms with Crippen molar-refractivity contribution in [1.29, 1.82) is 0 Å². The lowest BCUT2D eigenvalue weighted by molar-refractivity contribution is 0.230. The number of benzene rings is 4. The van der Waals surface area contributed by atoms with Crippen LogP contribution in [0, 0.1) is 0 Å². The van der Waals surface area contributed by atoms with Crippen molar-refractivity contribution in [2.75, 3.05) is 0 Å². The van der Waals surface area contributed by atoms with Crippen LogP contribution in [0.4, 0.5) is 0 Å². The molecule has 8 rings (SSSR count). The summed E-state index contributed by atoms with van der Waals surface area (Å²) in [6.07, 6.45) is 6.76. The van der Waals surface area contributed by atoms with Gasteiger partial charge in [0.15, 0.2) is 11.6 Å². The minimum absolute atomic E-state index is 0.330. The third kappa shape index (κ3) is 4.47. The summed E-state index contributed by atoms with van der Waals surface area (Å²) in [5, 5.41) is 0. The molecule has 0 amide bonds. The standard InChI is InChI=1S/C38H26N8/c1-5-15-27(16-6-1)31-32(28-17-7-2-8-18-28)44-37(43-31,35-39-23-13-24-40-35)38(36-41-25-14-26-42-36)45-33(29-19-9-3-10-20-29)34(46-38)30-21-11-4-12-22-30/h1-26H. The van der Waals surface area contributed by atoms with Gasteiger partial charge in [0.05, 0.1) is 22.8 Å². The lowest BCUT2D eigenvalue weighted by Crippen LogP contribution is -2.45. The summed E-state index contributed by atoms with van der Waals surface area (Å²) in [6.45, 7) is 0. The van der Waals surface area contributed by atoms with Crippen LogP contribution in [-0.4, -0.2) is 42.8 Å².